The Bertz CT molecular complexity index is 627. The van der Waals surface area contributed by atoms with Crippen molar-refractivity contribution in [2.75, 3.05) is 13.1 Å². The van der Waals surface area contributed by atoms with Crippen LogP contribution in [0.3, 0.4) is 0 Å². The smallest absolute Gasteiger partial charge is 0.243 e. The zero-order chi connectivity index (χ0) is 15.0. The summed E-state index contributed by atoms with van der Waals surface area (Å²) in [5.74, 6) is 0.546. The average molecular weight is 308 g/mol. The van der Waals surface area contributed by atoms with E-state index in [1.54, 1.807) is 10.4 Å². The highest BCUT2D eigenvalue weighted by molar-refractivity contribution is 7.89. The number of aryl methyl sites for hydroxylation is 2. The predicted molar refractivity (Wildman–Crippen MR) is 83.6 cm³/mol. The van der Waals surface area contributed by atoms with Gasteiger partial charge in [0.05, 0.1) is 4.90 Å². The standard InChI is InChI=1S/C16H24N2O2S/c1-12-7-8-18(15(9-12)11-17)21(19,20)16-6-5-13-3-2-4-14(13)10-16/h5-6,10,12,15H,2-4,7-9,11,17H2,1H3. The van der Waals surface area contributed by atoms with Gasteiger partial charge in [0.2, 0.25) is 10.0 Å². The summed E-state index contributed by atoms with van der Waals surface area (Å²) in [5.41, 5.74) is 8.32. The van der Waals surface area contributed by atoms with E-state index in [-0.39, 0.29) is 6.04 Å². The minimum atomic E-state index is -3.41. The molecule has 0 radical (unpaired) electrons. The van der Waals surface area contributed by atoms with E-state index in [1.165, 1.54) is 11.1 Å². The molecule has 1 heterocycles. The molecule has 1 aromatic carbocycles. The number of benzene rings is 1. The minimum absolute atomic E-state index is 0.0630. The number of nitrogens with two attached hydrogens (primary N) is 1. The molecule has 2 N–H and O–H groups in total. The lowest BCUT2D eigenvalue weighted by Gasteiger charge is -2.36. The summed E-state index contributed by atoms with van der Waals surface area (Å²) >= 11 is 0. The molecule has 0 spiro atoms. The highest BCUT2D eigenvalue weighted by atomic mass is 32.2. The molecule has 2 aliphatic rings. The maximum atomic E-state index is 12.9. The SMILES string of the molecule is CC1CCN(S(=O)(=O)c2ccc3c(c2)CCC3)C(CN)C1. The van der Waals surface area contributed by atoms with Gasteiger partial charge in [-0.3, -0.25) is 0 Å². The first kappa shape index (κ1) is 15.0. The Labute approximate surface area is 127 Å². The molecule has 5 heteroatoms. The van der Waals surface area contributed by atoms with Gasteiger partial charge in [-0.15, -0.1) is 0 Å². The first-order valence-electron chi connectivity index (χ1n) is 7.86. The highest BCUT2D eigenvalue weighted by Crippen LogP contribution is 2.30. The van der Waals surface area contributed by atoms with Gasteiger partial charge in [-0.2, -0.15) is 4.31 Å². The van der Waals surface area contributed by atoms with Crippen molar-refractivity contribution in [2.45, 2.75) is 50.0 Å². The molecule has 0 bridgehead atoms. The van der Waals surface area contributed by atoms with Crippen LogP contribution in [0.15, 0.2) is 23.1 Å². The molecular weight excluding hydrogens is 284 g/mol. The molecule has 1 aliphatic carbocycles. The lowest BCUT2D eigenvalue weighted by atomic mass is 9.94. The molecule has 2 atom stereocenters. The summed E-state index contributed by atoms with van der Waals surface area (Å²) in [6, 6.07) is 5.57. The number of sulfonamides is 1. The molecule has 2 unspecified atom stereocenters. The second kappa shape index (κ2) is 5.71. The predicted octanol–water partition coefficient (Wildman–Crippen LogP) is 1.92. The van der Waals surface area contributed by atoms with Gasteiger partial charge in [-0.05, 0) is 61.3 Å². The zero-order valence-electron chi connectivity index (χ0n) is 12.6. The molecule has 116 valence electrons. The van der Waals surface area contributed by atoms with Crippen molar-refractivity contribution in [2.24, 2.45) is 11.7 Å². The van der Waals surface area contributed by atoms with Crippen molar-refractivity contribution in [3.8, 4) is 0 Å². The van der Waals surface area contributed by atoms with Crippen molar-refractivity contribution in [1.29, 1.82) is 0 Å². The van der Waals surface area contributed by atoms with E-state index in [1.807, 2.05) is 12.1 Å². The number of piperidine rings is 1. The minimum Gasteiger partial charge on any atom is -0.329 e. The largest absolute Gasteiger partial charge is 0.329 e. The Hall–Kier alpha value is -0.910. The lowest BCUT2D eigenvalue weighted by Crippen LogP contribution is -2.49. The Kier molecular flexibility index (Phi) is 4.08. The second-order valence-corrected chi connectivity index (χ2v) is 8.31. The Balaban J connectivity index is 1.92. The molecule has 0 saturated carbocycles. The molecule has 0 amide bonds. The fourth-order valence-electron chi connectivity index (χ4n) is 3.60. The molecule has 1 aliphatic heterocycles. The van der Waals surface area contributed by atoms with Gasteiger partial charge in [-0.25, -0.2) is 8.42 Å². The van der Waals surface area contributed by atoms with Crippen LogP contribution in [0, 0.1) is 5.92 Å². The third kappa shape index (κ3) is 2.74. The number of nitrogens with zero attached hydrogens (tertiary/aromatic N) is 1. The molecule has 0 aromatic heterocycles. The van der Waals surface area contributed by atoms with Crippen LogP contribution in [-0.2, 0) is 22.9 Å². The van der Waals surface area contributed by atoms with E-state index in [2.05, 4.69) is 6.92 Å². The van der Waals surface area contributed by atoms with Gasteiger partial charge in [0.1, 0.15) is 0 Å². The van der Waals surface area contributed by atoms with E-state index in [9.17, 15) is 8.42 Å². The van der Waals surface area contributed by atoms with E-state index in [4.69, 9.17) is 5.73 Å². The summed E-state index contributed by atoms with van der Waals surface area (Å²) in [6.45, 7) is 3.15. The summed E-state index contributed by atoms with van der Waals surface area (Å²) in [6.07, 6.45) is 4.98. The number of rotatable bonds is 3. The van der Waals surface area contributed by atoms with Gasteiger partial charge < -0.3 is 5.73 Å². The van der Waals surface area contributed by atoms with Crippen molar-refractivity contribution in [3.05, 3.63) is 29.3 Å². The number of hydrogen-bond acceptors (Lipinski definition) is 3. The molecule has 21 heavy (non-hydrogen) atoms. The van der Waals surface area contributed by atoms with E-state index in [0.29, 0.717) is 23.9 Å². The quantitative estimate of drug-likeness (QED) is 0.928. The Morgan fingerprint density at radius 2 is 2.05 bits per heavy atom. The number of hydrogen-bond donors (Lipinski definition) is 1. The third-order valence-corrected chi connectivity index (χ3v) is 6.82. The fraction of sp³-hybridized carbons (Fsp3) is 0.625. The van der Waals surface area contributed by atoms with E-state index in [0.717, 1.165) is 32.1 Å². The van der Waals surface area contributed by atoms with Crippen molar-refractivity contribution in [1.82, 2.24) is 4.31 Å². The van der Waals surface area contributed by atoms with Crippen LogP contribution in [0.5, 0.6) is 0 Å². The molecule has 1 fully saturated rings. The maximum absolute atomic E-state index is 12.9. The summed E-state index contributed by atoms with van der Waals surface area (Å²) < 4.78 is 27.5. The van der Waals surface area contributed by atoms with Crippen molar-refractivity contribution >= 4 is 10.0 Å². The van der Waals surface area contributed by atoms with Gasteiger partial charge in [0, 0.05) is 19.1 Å². The third-order valence-electron chi connectivity index (χ3n) is 4.87. The van der Waals surface area contributed by atoms with Crippen LogP contribution in [0.4, 0.5) is 0 Å². The first-order chi connectivity index (χ1) is 10.0. The van der Waals surface area contributed by atoms with Gasteiger partial charge in [0.15, 0.2) is 0 Å². The van der Waals surface area contributed by atoms with Crippen LogP contribution in [0.1, 0.15) is 37.3 Å². The maximum Gasteiger partial charge on any atom is 0.243 e. The summed E-state index contributed by atoms with van der Waals surface area (Å²) in [4.78, 5) is 0.441. The van der Waals surface area contributed by atoms with Crippen molar-refractivity contribution in [3.63, 3.8) is 0 Å². The van der Waals surface area contributed by atoms with Gasteiger partial charge in [0.25, 0.3) is 0 Å². The van der Waals surface area contributed by atoms with Crippen LogP contribution in [0.2, 0.25) is 0 Å². The molecule has 1 aromatic rings. The molecule has 3 rings (SSSR count). The molecular formula is C16H24N2O2S. The molecule has 4 nitrogen and oxygen atoms in total. The van der Waals surface area contributed by atoms with Crippen LogP contribution in [-0.4, -0.2) is 31.9 Å². The highest BCUT2D eigenvalue weighted by Gasteiger charge is 2.35. The van der Waals surface area contributed by atoms with E-state index < -0.39 is 10.0 Å². The fourth-order valence-corrected chi connectivity index (χ4v) is 5.32. The van der Waals surface area contributed by atoms with Gasteiger partial charge in [-0.1, -0.05) is 13.0 Å². The summed E-state index contributed by atoms with van der Waals surface area (Å²) in [7, 11) is -3.41. The average Bonchev–Trinajstić information content (AvgIpc) is 2.94. The number of fused-ring (bicyclic) bond motifs is 1. The monoisotopic (exact) mass is 308 g/mol. The zero-order valence-corrected chi connectivity index (χ0v) is 13.4. The lowest BCUT2D eigenvalue weighted by molar-refractivity contribution is 0.211. The normalized spacial score (nSPS) is 26.8. The summed E-state index contributed by atoms with van der Waals surface area (Å²) in [5, 5.41) is 0. The van der Waals surface area contributed by atoms with Crippen LogP contribution < -0.4 is 5.73 Å². The Morgan fingerprint density at radius 3 is 2.81 bits per heavy atom. The van der Waals surface area contributed by atoms with Crippen molar-refractivity contribution < 1.29 is 8.42 Å². The van der Waals surface area contributed by atoms with E-state index >= 15 is 0 Å². The van der Waals surface area contributed by atoms with Gasteiger partial charge >= 0.3 is 0 Å². The van der Waals surface area contributed by atoms with Crippen LogP contribution >= 0.6 is 0 Å². The Morgan fingerprint density at radius 1 is 1.29 bits per heavy atom. The topological polar surface area (TPSA) is 63.4 Å². The van der Waals surface area contributed by atoms with Crippen LogP contribution in [0.25, 0.3) is 0 Å². The first-order valence-corrected chi connectivity index (χ1v) is 9.30. The second-order valence-electron chi connectivity index (χ2n) is 6.42. The molecule has 1 saturated heterocycles.